The van der Waals surface area contributed by atoms with Crippen LogP contribution in [0.25, 0.3) is 0 Å². The molecule has 1 aliphatic heterocycles. The predicted molar refractivity (Wildman–Crippen MR) is 119 cm³/mol. The van der Waals surface area contributed by atoms with Gasteiger partial charge < -0.3 is 9.80 Å². The van der Waals surface area contributed by atoms with Gasteiger partial charge in [0.05, 0.1) is 0 Å². The lowest BCUT2D eigenvalue weighted by molar-refractivity contribution is 0.103. The molecule has 0 radical (unpaired) electrons. The Bertz CT molecular complexity index is 958. The van der Waals surface area contributed by atoms with Gasteiger partial charge in [0.2, 0.25) is 0 Å². The zero-order chi connectivity index (χ0) is 19.9. The molecule has 0 bridgehead atoms. The van der Waals surface area contributed by atoms with E-state index in [1.54, 1.807) is 0 Å². The Hall–Kier alpha value is -3.33. The van der Waals surface area contributed by atoms with Gasteiger partial charge in [-0.1, -0.05) is 72.8 Å². The Labute approximate surface area is 172 Å². The second-order valence-corrected chi connectivity index (χ2v) is 7.34. The highest BCUT2D eigenvalue weighted by Gasteiger charge is 2.14. The summed E-state index contributed by atoms with van der Waals surface area (Å²) in [5.74, 6) is 0.0773. The molecule has 0 aromatic heterocycles. The predicted octanol–water partition coefficient (Wildman–Crippen LogP) is 4.80. The smallest absolute Gasteiger partial charge is 0.193 e. The normalized spacial score (nSPS) is 14.3. The summed E-state index contributed by atoms with van der Waals surface area (Å²) in [6, 6.07) is 28.0. The van der Waals surface area contributed by atoms with E-state index < -0.39 is 0 Å². The molecule has 0 spiro atoms. The van der Waals surface area contributed by atoms with Crippen LogP contribution in [-0.2, 0) is 6.42 Å². The Kier molecular flexibility index (Phi) is 6.06. The number of anilines is 1. The van der Waals surface area contributed by atoms with E-state index in [9.17, 15) is 4.79 Å². The van der Waals surface area contributed by atoms with Crippen molar-refractivity contribution >= 4 is 11.5 Å². The summed E-state index contributed by atoms with van der Waals surface area (Å²) in [5, 5.41) is 0. The molecular weight excluding hydrogens is 356 g/mol. The molecule has 1 fully saturated rings. The van der Waals surface area contributed by atoms with E-state index in [0.29, 0.717) is 0 Å². The summed E-state index contributed by atoms with van der Waals surface area (Å²) in [6.07, 6.45) is 5.23. The molecule has 3 heteroatoms. The van der Waals surface area contributed by atoms with Crippen molar-refractivity contribution in [2.45, 2.75) is 6.42 Å². The van der Waals surface area contributed by atoms with Gasteiger partial charge in [-0.2, -0.15) is 0 Å². The summed E-state index contributed by atoms with van der Waals surface area (Å²) in [6.45, 7) is 4.13. The second kappa shape index (κ2) is 9.24. The van der Waals surface area contributed by atoms with Gasteiger partial charge in [0.1, 0.15) is 0 Å². The topological polar surface area (TPSA) is 23.6 Å². The number of carbonyl (C=O) groups is 1. The Balaban J connectivity index is 1.32. The molecule has 0 amide bonds. The van der Waals surface area contributed by atoms with Crippen molar-refractivity contribution in [2.75, 3.05) is 31.1 Å². The van der Waals surface area contributed by atoms with E-state index in [-0.39, 0.29) is 5.78 Å². The molecule has 3 aromatic carbocycles. The van der Waals surface area contributed by atoms with E-state index in [0.717, 1.165) is 49.3 Å². The number of hydrogen-bond acceptors (Lipinski definition) is 3. The number of allylic oxidation sites excluding steroid dienone is 1. The Morgan fingerprint density at radius 3 is 2.14 bits per heavy atom. The Morgan fingerprint density at radius 2 is 1.41 bits per heavy atom. The second-order valence-electron chi connectivity index (χ2n) is 7.34. The number of benzene rings is 3. The van der Waals surface area contributed by atoms with Crippen molar-refractivity contribution in [1.82, 2.24) is 4.90 Å². The lowest BCUT2D eigenvalue weighted by atomic mass is 10.0. The van der Waals surface area contributed by atoms with Crippen LogP contribution >= 0.6 is 0 Å². The average Bonchev–Trinajstić information content (AvgIpc) is 2.80. The molecule has 0 saturated carbocycles. The van der Waals surface area contributed by atoms with Crippen molar-refractivity contribution in [3.63, 3.8) is 0 Å². The van der Waals surface area contributed by atoms with Crippen LogP contribution in [0.5, 0.6) is 0 Å². The van der Waals surface area contributed by atoms with Gasteiger partial charge in [-0.15, -0.1) is 0 Å². The van der Waals surface area contributed by atoms with Crippen molar-refractivity contribution < 1.29 is 4.79 Å². The first-order valence-corrected chi connectivity index (χ1v) is 10.2. The van der Waals surface area contributed by atoms with E-state index >= 15 is 0 Å². The van der Waals surface area contributed by atoms with E-state index in [2.05, 4.69) is 58.5 Å². The largest absolute Gasteiger partial charge is 0.374 e. The van der Waals surface area contributed by atoms with Gasteiger partial charge in [-0.25, -0.2) is 0 Å². The third kappa shape index (κ3) is 4.94. The molecule has 0 atom stereocenters. The summed E-state index contributed by atoms with van der Waals surface area (Å²) in [5.41, 5.74) is 3.94. The van der Waals surface area contributed by atoms with E-state index in [1.165, 1.54) is 5.69 Å². The van der Waals surface area contributed by atoms with Crippen LogP contribution < -0.4 is 4.90 Å². The van der Waals surface area contributed by atoms with Crippen LogP contribution in [0.1, 0.15) is 21.5 Å². The molecule has 3 aromatic rings. The van der Waals surface area contributed by atoms with Crippen molar-refractivity contribution in [2.24, 2.45) is 0 Å². The van der Waals surface area contributed by atoms with Gasteiger partial charge in [-0.3, -0.25) is 4.79 Å². The minimum absolute atomic E-state index is 0.0773. The molecule has 1 saturated heterocycles. The quantitative estimate of drug-likeness (QED) is 0.573. The molecule has 0 aliphatic carbocycles. The number of hydrogen-bond donors (Lipinski definition) is 0. The monoisotopic (exact) mass is 382 g/mol. The van der Waals surface area contributed by atoms with Gasteiger partial charge in [0.25, 0.3) is 0 Å². The number of nitrogens with zero attached hydrogens (tertiary/aromatic N) is 2. The van der Waals surface area contributed by atoms with Crippen LogP contribution in [0.2, 0.25) is 0 Å². The minimum Gasteiger partial charge on any atom is -0.374 e. The fourth-order valence-corrected chi connectivity index (χ4v) is 3.70. The van der Waals surface area contributed by atoms with Gasteiger partial charge in [-0.05, 0) is 36.4 Å². The molecule has 4 rings (SSSR count). The fourth-order valence-electron chi connectivity index (χ4n) is 3.70. The molecule has 0 unspecified atom stereocenters. The van der Waals surface area contributed by atoms with Crippen molar-refractivity contribution in [3.05, 3.63) is 114 Å². The molecule has 0 N–H and O–H groups in total. The highest BCUT2D eigenvalue weighted by molar-refractivity contribution is 6.09. The van der Waals surface area contributed by atoms with Gasteiger partial charge in [0.15, 0.2) is 5.78 Å². The maximum absolute atomic E-state index is 12.6. The lowest BCUT2D eigenvalue weighted by Crippen LogP contribution is -2.44. The van der Waals surface area contributed by atoms with Gasteiger partial charge in [0, 0.05) is 43.0 Å². The van der Waals surface area contributed by atoms with E-state index in [4.69, 9.17) is 0 Å². The van der Waals surface area contributed by atoms with E-state index in [1.807, 2.05) is 48.5 Å². The van der Waals surface area contributed by atoms with Crippen LogP contribution in [-0.4, -0.2) is 36.9 Å². The van der Waals surface area contributed by atoms with Crippen molar-refractivity contribution in [3.8, 4) is 0 Å². The summed E-state index contributed by atoms with van der Waals surface area (Å²) in [7, 11) is 0. The lowest BCUT2D eigenvalue weighted by Gasteiger charge is -2.35. The number of rotatable bonds is 6. The maximum atomic E-state index is 12.6. The fraction of sp³-hybridized carbons (Fsp3) is 0.192. The molecule has 1 heterocycles. The number of para-hydroxylation sites is 1. The number of carbonyl (C=O) groups excluding carboxylic acids is 1. The van der Waals surface area contributed by atoms with Crippen LogP contribution in [0.3, 0.4) is 0 Å². The van der Waals surface area contributed by atoms with Crippen molar-refractivity contribution in [1.29, 1.82) is 0 Å². The van der Waals surface area contributed by atoms with Crippen LogP contribution in [0.15, 0.2) is 97.2 Å². The highest BCUT2D eigenvalue weighted by atomic mass is 16.1. The number of ketones is 1. The zero-order valence-corrected chi connectivity index (χ0v) is 16.6. The minimum atomic E-state index is 0.0773. The van der Waals surface area contributed by atoms with Crippen LogP contribution in [0.4, 0.5) is 5.69 Å². The summed E-state index contributed by atoms with van der Waals surface area (Å²) in [4.78, 5) is 17.4. The SMILES string of the molecule is O=C(c1ccccc1)c1cccc(CC=CN2CCN(c3ccccc3)CC2)c1. The third-order valence-corrected chi connectivity index (χ3v) is 5.33. The average molecular weight is 383 g/mol. The third-order valence-electron chi connectivity index (χ3n) is 5.33. The molecule has 146 valence electrons. The zero-order valence-electron chi connectivity index (χ0n) is 16.6. The maximum Gasteiger partial charge on any atom is 0.193 e. The van der Waals surface area contributed by atoms with Crippen LogP contribution in [0, 0.1) is 0 Å². The highest BCUT2D eigenvalue weighted by Crippen LogP contribution is 2.16. The standard InChI is InChI=1S/C26H26N2O/c29-26(23-11-3-1-4-12-23)24-13-7-9-22(21-24)10-8-16-27-17-19-28(20-18-27)25-14-5-2-6-15-25/h1-9,11-16,21H,10,17-20H2. The first-order chi connectivity index (χ1) is 14.3. The summed E-state index contributed by atoms with van der Waals surface area (Å²) < 4.78 is 0. The summed E-state index contributed by atoms with van der Waals surface area (Å²) >= 11 is 0. The number of piperazine rings is 1. The first kappa shape index (κ1) is 19.0. The Morgan fingerprint density at radius 1 is 0.759 bits per heavy atom. The molecule has 1 aliphatic rings. The molecule has 3 nitrogen and oxygen atoms in total. The van der Waals surface area contributed by atoms with Gasteiger partial charge >= 0.3 is 0 Å². The molecular formula is C26H26N2O. The first-order valence-electron chi connectivity index (χ1n) is 10.2. The molecule has 29 heavy (non-hydrogen) atoms.